The van der Waals surface area contributed by atoms with E-state index in [9.17, 15) is 9.90 Å². The minimum absolute atomic E-state index is 0.0833. The number of aromatic hydroxyl groups is 1. The van der Waals surface area contributed by atoms with E-state index in [4.69, 9.17) is 9.47 Å². The summed E-state index contributed by atoms with van der Waals surface area (Å²) >= 11 is 0. The van der Waals surface area contributed by atoms with E-state index in [1.54, 1.807) is 11.0 Å². The number of hydrogen-bond donors (Lipinski definition) is 1. The van der Waals surface area contributed by atoms with Gasteiger partial charge in [0, 0.05) is 31.8 Å². The highest BCUT2D eigenvalue weighted by atomic mass is 16.6. The maximum atomic E-state index is 12.4. The van der Waals surface area contributed by atoms with Crippen LogP contribution in [0.15, 0.2) is 72.8 Å². The number of nitrogens with zero attached hydrogens (tertiary/aromatic N) is 1. The monoisotopic (exact) mass is 499 g/mol. The van der Waals surface area contributed by atoms with Crippen LogP contribution in [-0.2, 0) is 11.2 Å². The van der Waals surface area contributed by atoms with E-state index in [0.29, 0.717) is 24.8 Å². The number of benzene rings is 3. The van der Waals surface area contributed by atoms with Crippen LogP contribution in [0.2, 0.25) is 0 Å². The first-order valence-electron chi connectivity index (χ1n) is 13.4. The molecular weight excluding hydrogens is 462 g/mol. The van der Waals surface area contributed by atoms with Crippen LogP contribution in [-0.4, -0.2) is 40.9 Å². The number of aryl methyl sites for hydroxylation is 1. The molecule has 194 valence electrons. The minimum atomic E-state index is -0.481. The van der Waals surface area contributed by atoms with Gasteiger partial charge in [-0.25, -0.2) is 4.79 Å². The Morgan fingerprint density at radius 2 is 1.59 bits per heavy atom. The van der Waals surface area contributed by atoms with Crippen LogP contribution < -0.4 is 4.74 Å². The summed E-state index contributed by atoms with van der Waals surface area (Å²) in [5, 5.41) is 10.1. The zero-order valence-corrected chi connectivity index (χ0v) is 22.0. The van der Waals surface area contributed by atoms with Crippen molar-refractivity contribution in [2.75, 3.05) is 13.1 Å². The molecule has 1 heterocycles. The smallest absolute Gasteiger partial charge is 0.410 e. The number of carbonyl (C=O) groups is 1. The molecule has 0 radical (unpaired) electrons. The van der Waals surface area contributed by atoms with Crippen molar-refractivity contribution in [3.05, 3.63) is 95.1 Å². The second-order valence-electron chi connectivity index (χ2n) is 11.3. The van der Waals surface area contributed by atoms with Crippen LogP contribution in [0.3, 0.4) is 0 Å². The van der Waals surface area contributed by atoms with Gasteiger partial charge in [-0.05, 0) is 86.1 Å². The van der Waals surface area contributed by atoms with Crippen molar-refractivity contribution in [3.8, 4) is 11.5 Å². The lowest BCUT2D eigenvalue weighted by molar-refractivity contribution is 0.0126. The van der Waals surface area contributed by atoms with Gasteiger partial charge < -0.3 is 19.5 Å². The molecule has 2 atom stereocenters. The molecule has 1 amide bonds. The molecule has 37 heavy (non-hydrogen) atoms. The molecule has 3 aromatic carbocycles. The molecule has 5 heteroatoms. The summed E-state index contributed by atoms with van der Waals surface area (Å²) < 4.78 is 11.8. The predicted octanol–water partition coefficient (Wildman–Crippen LogP) is 7.03. The number of fused-ring (bicyclic) bond motifs is 1. The molecule has 0 aromatic heterocycles. The fourth-order valence-corrected chi connectivity index (χ4v) is 5.71. The number of likely N-dealkylation sites (tertiary alicyclic amines) is 1. The third kappa shape index (κ3) is 5.93. The van der Waals surface area contributed by atoms with Crippen LogP contribution in [0.25, 0.3) is 0 Å². The Morgan fingerprint density at radius 1 is 0.892 bits per heavy atom. The van der Waals surface area contributed by atoms with Gasteiger partial charge in [-0.3, -0.25) is 0 Å². The third-order valence-corrected chi connectivity index (χ3v) is 7.45. The molecule has 5 nitrogen and oxygen atoms in total. The summed E-state index contributed by atoms with van der Waals surface area (Å²) in [5.74, 6) is 1.79. The summed E-state index contributed by atoms with van der Waals surface area (Å²) in [6.07, 6.45) is 3.42. The largest absolute Gasteiger partial charge is 0.508 e. The van der Waals surface area contributed by atoms with E-state index in [1.807, 2.05) is 26.8 Å². The molecular formula is C32H37NO4. The normalized spacial score (nSPS) is 20.2. The molecule has 1 aliphatic heterocycles. The standard InChI is InChI=1S/C32H37NO4/c1-32(2,3)37-31(35)33-19-17-27(18-20-33)36-26-13-9-23(10-14-26)30-28(22-7-5-4-6-8-22)15-11-24-21-25(34)12-16-29(24)30/h4-10,12-14,16,21,27-28,30,34H,11,15,17-20H2,1-3H3/t28-,30?/m1/s1. The van der Waals surface area contributed by atoms with Gasteiger partial charge in [0.05, 0.1) is 0 Å². The van der Waals surface area contributed by atoms with Gasteiger partial charge in [-0.15, -0.1) is 0 Å². The molecule has 2 aliphatic rings. The van der Waals surface area contributed by atoms with E-state index in [2.05, 4.69) is 60.7 Å². The third-order valence-electron chi connectivity index (χ3n) is 7.45. The molecule has 5 rings (SSSR count). The van der Waals surface area contributed by atoms with Crippen LogP contribution in [0.1, 0.15) is 74.1 Å². The average molecular weight is 500 g/mol. The highest BCUT2D eigenvalue weighted by Gasteiger charge is 2.32. The Morgan fingerprint density at radius 3 is 2.27 bits per heavy atom. The van der Waals surface area contributed by atoms with Crippen molar-refractivity contribution in [2.24, 2.45) is 0 Å². The van der Waals surface area contributed by atoms with E-state index in [1.165, 1.54) is 22.3 Å². The quantitative estimate of drug-likeness (QED) is 0.419. The van der Waals surface area contributed by atoms with Crippen molar-refractivity contribution >= 4 is 6.09 Å². The zero-order valence-electron chi connectivity index (χ0n) is 22.0. The van der Waals surface area contributed by atoms with Gasteiger partial charge in [0.1, 0.15) is 23.2 Å². The molecule has 1 N–H and O–H groups in total. The summed E-state index contributed by atoms with van der Waals surface area (Å²) in [6, 6.07) is 25.1. The summed E-state index contributed by atoms with van der Waals surface area (Å²) in [5.41, 5.74) is 4.65. The second-order valence-corrected chi connectivity index (χ2v) is 11.3. The SMILES string of the molecule is CC(C)(C)OC(=O)N1CCC(Oc2ccc(C3c4ccc(O)cc4CC[C@@H]3c3ccccc3)cc2)CC1. The number of amides is 1. The predicted molar refractivity (Wildman–Crippen MR) is 145 cm³/mol. The highest BCUT2D eigenvalue weighted by molar-refractivity contribution is 5.68. The van der Waals surface area contributed by atoms with E-state index < -0.39 is 5.60 Å². The minimum Gasteiger partial charge on any atom is -0.508 e. The van der Waals surface area contributed by atoms with Gasteiger partial charge in [-0.2, -0.15) is 0 Å². The first kappa shape index (κ1) is 25.2. The topological polar surface area (TPSA) is 59.0 Å². The number of hydrogen-bond acceptors (Lipinski definition) is 4. The Bertz CT molecular complexity index is 1210. The zero-order chi connectivity index (χ0) is 26.0. The van der Waals surface area contributed by atoms with Gasteiger partial charge >= 0.3 is 6.09 Å². The van der Waals surface area contributed by atoms with Gasteiger partial charge in [0.25, 0.3) is 0 Å². The van der Waals surface area contributed by atoms with E-state index in [0.717, 1.165) is 31.4 Å². The van der Waals surface area contributed by atoms with Crippen molar-refractivity contribution in [3.63, 3.8) is 0 Å². The van der Waals surface area contributed by atoms with Crippen molar-refractivity contribution in [1.82, 2.24) is 4.90 Å². The lowest BCUT2D eigenvalue weighted by atomic mass is 9.69. The Balaban J connectivity index is 1.29. The summed E-state index contributed by atoms with van der Waals surface area (Å²) in [4.78, 5) is 14.1. The number of rotatable bonds is 4. The molecule has 1 unspecified atom stereocenters. The van der Waals surface area contributed by atoms with E-state index in [-0.39, 0.29) is 18.1 Å². The Hall–Kier alpha value is -3.47. The molecule has 1 fully saturated rings. The number of piperidine rings is 1. The number of phenols is 1. The lowest BCUT2D eigenvalue weighted by Crippen LogP contribution is -2.44. The molecule has 0 spiro atoms. The van der Waals surface area contributed by atoms with Gasteiger partial charge in [0.15, 0.2) is 0 Å². The van der Waals surface area contributed by atoms with Gasteiger partial charge in [-0.1, -0.05) is 48.5 Å². The first-order chi connectivity index (χ1) is 17.8. The maximum absolute atomic E-state index is 12.4. The van der Waals surface area contributed by atoms with Crippen LogP contribution in [0.4, 0.5) is 4.79 Å². The maximum Gasteiger partial charge on any atom is 0.410 e. The van der Waals surface area contributed by atoms with Crippen LogP contribution in [0.5, 0.6) is 11.5 Å². The number of carbonyl (C=O) groups excluding carboxylic acids is 1. The Labute approximate surface area is 220 Å². The van der Waals surface area contributed by atoms with Crippen LogP contribution in [0, 0.1) is 0 Å². The van der Waals surface area contributed by atoms with Crippen molar-refractivity contribution in [1.29, 1.82) is 0 Å². The molecule has 3 aromatic rings. The number of phenolic OH excluding ortho intramolecular Hbond substituents is 1. The molecule has 1 saturated heterocycles. The first-order valence-corrected chi connectivity index (χ1v) is 13.4. The molecule has 0 saturated carbocycles. The Kier molecular flexibility index (Phi) is 7.14. The van der Waals surface area contributed by atoms with Crippen molar-refractivity contribution in [2.45, 2.75) is 70.0 Å². The highest BCUT2D eigenvalue weighted by Crippen LogP contribution is 2.47. The fraction of sp³-hybridized carbons (Fsp3) is 0.406. The lowest BCUT2D eigenvalue weighted by Gasteiger charge is -2.35. The van der Waals surface area contributed by atoms with E-state index >= 15 is 0 Å². The molecule has 0 bridgehead atoms. The second kappa shape index (κ2) is 10.5. The average Bonchev–Trinajstić information content (AvgIpc) is 2.88. The van der Waals surface area contributed by atoms with Crippen LogP contribution >= 0.6 is 0 Å². The fourth-order valence-electron chi connectivity index (χ4n) is 5.71. The number of ether oxygens (including phenoxy) is 2. The summed E-state index contributed by atoms with van der Waals surface area (Å²) in [6.45, 7) is 6.96. The van der Waals surface area contributed by atoms with Crippen molar-refractivity contribution < 1.29 is 19.4 Å². The van der Waals surface area contributed by atoms with Gasteiger partial charge in [0.2, 0.25) is 0 Å². The molecule has 1 aliphatic carbocycles. The summed E-state index contributed by atoms with van der Waals surface area (Å²) in [7, 11) is 0.